The largest absolute Gasteiger partial charge is 0.494 e. The van der Waals surface area contributed by atoms with Gasteiger partial charge in [-0.1, -0.05) is 25.0 Å². The molecule has 22 heavy (non-hydrogen) atoms. The highest BCUT2D eigenvalue weighted by Crippen LogP contribution is 2.23. The molecule has 1 aliphatic heterocycles. The molecule has 0 bridgehead atoms. The molecule has 1 aromatic rings. The van der Waals surface area contributed by atoms with Gasteiger partial charge in [-0.15, -0.1) is 0 Å². The number of rotatable bonds is 6. The van der Waals surface area contributed by atoms with Crippen LogP contribution in [0.4, 0.5) is 0 Å². The molecule has 2 rings (SSSR count). The summed E-state index contributed by atoms with van der Waals surface area (Å²) in [5.41, 5.74) is 7.03. The lowest BCUT2D eigenvalue weighted by molar-refractivity contribution is -0.131. The second-order valence-electron chi connectivity index (χ2n) is 5.93. The van der Waals surface area contributed by atoms with E-state index in [4.69, 9.17) is 10.5 Å². The van der Waals surface area contributed by atoms with Gasteiger partial charge in [0.05, 0.1) is 6.61 Å². The Morgan fingerprint density at radius 3 is 2.36 bits per heavy atom. The molecule has 0 saturated carbocycles. The Bertz CT molecular complexity index is 451. The second kappa shape index (κ2) is 8.79. The summed E-state index contributed by atoms with van der Waals surface area (Å²) in [5, 5.41) is 0. The Labute approximate surface area is 133 Å². The lowest BCUT2D eigenvalue weighted by atomic mass is 9.95. The van der Waals surface area contributed by atoms with Gasteiger partial charge < -0.3 is 15.4 Å². The SMILES string of the molecule is CCOc1ccc(C(CN)CC(=O)N2CCCCCC2)cc1. The molecule has 0 radical (unpaired) electrons. The van der Waals surface area contributed by atoms with E-state index in [9.17, 15) is 4.79 Å². The number of carbonyl (C=O) groups is 1. The number of amides is 1. The van der Waals surface area contributed by atoms with Crippen LogP contribution in [0, 0.1) is 0 Å². The number of hydrogen-bond donors (Lipinski definition) is 1. The van der Waals surface area contributed by atoms with E-state index in [1.807, 2.05) is 36.1 Å². The average Bonchev–Trinajstić information content (AvgIpc) is 2.83. The Hall–Kier alpha value is -1.55. The molecular formula is C18H28N2O2. The maximum atomic E-state index is 12.5. The highest BCUT2D eigenvalue weighted by atomic mass is 16.5. The molecule has 1 atom stereocenters. The number of hydrogen-bond acceptors (Lipinski definition) is 3. The lowest BCUT2D eigenvalue weighted by Gasteiger charge is -2.23. The molecule has 0 aliphatic carbocycles. The van der Waals surface area contributed by atoms with Gasteiger partial charge in [-0.25, -0.2) is 0 Å². The third-order valence-corrected chi connectivity index (χ3v) is 4.33. The Kier molecular flexibility index (Phi) is 6.72. The van der Waals surface area contributed by atoms with E-state index in [0.717, 1.165) is 37.2 Å². The van der Waals surface area contributed by atoms with Crippen molar-refractivity contribution in [1.29, 1.82) is 0 Å². The van der Waals surface area contributed by atoms with Crippen LogP contribution in [0.15, 0.2) is 24.3 Å². The van der Waals surface area contributed by atoms with Gasteiger partial charge in [-0.3, -0.25) is 4.79 Å². The van der Waals surface area contributed by atoms with Crippen molar-refractivity contribution >= 4 is 5.91 Å². The lowest BCUT2D eigenvalue weighted by Crippen LogP contribution is -2.33. The van der Waals surface area contributed by atoms with Gasteiger partial charge in [0.25, 0.3) is 0 Å². The normalized spacial score (nSPS) is 16.9. The average molecular weight is 304 g/mol. The molecular weight excluding hydrogens is 276 g/mol. The summed E-state index contributed by atoms with van der Waals surface area (Å²) in [5.74, 6) is 1.19. The van der Waals surface area contributed by atoms with Crippen molar-refractivity contribution in [3.8, 4) is 5.75 Å². The third kappa shape index (κ3) is 4.73. The summed E-state index contributed by atoms with van der Waals surface area (Å²) in [6.07, 6.45) is 5.24. The molecule has 1 amide bonds. The Morgan fingerprint density at radius 2 is 1.82 bits per heavy atom. The molecule has 1 saturated heterocycles. The van der Waals surface area contributed by atoms with Crippen LogP contribution in [0.25, 0.3) is 0 Å². The molecule has 1 aliphatic rings. The Morgan fingerprint density at radius 1 is 1.18 bits per heavy atom. The van der Waals surface area contributed by atoms with Crippen molar-refractivity contribution in [3.63, 3.8) is 0 Å². The zero-order valence-electron chi connectivity index (χ0n) is 13.6. The molecule has 122 valence electrons. The molecule has 4 heteroatoms. The van der Waals surface area contributed by atoms with Crippen molar-refractivity contribution in [2.75, 3.05) is 26.2 Å². The van der Waals surface area contributed by atoms with Crippen LogP contribution in [0.1, 0.15) is 50.5 Å². The molecule has 1 unspecified atom stereocenters. The van der Waals surface area contributed by atoms with Gasteiger partial charge >= 0.3 is 0 Å². The number of ether oxygens (including phenoxy) is 1. The molecule has 0 spiro atoms. The van der Waals surface area contributed by atoms with E-state index in [1.165, 1.54) is 12.8 Å². The molecule has 1 fully saturated rings. The second-order valence-corrected chi connectivity index (χ2v) is 5.93. The van der Waals surface area contributed by atoms with Crippen LogP contribution >= 0.6 is 0 Å². The zero-order valence-corrected chi connectivity index (χ0v) is 13.6. The fourth-order valence-corrected chi connectivity index (χ4v) is 3.00. The van der Waals surface area contributed by atoms with Crippen molar-refractivity contribution in [2.24, 2.45) is 5.73 Å². The monoisotopic (exact) mass is 304 g/mol. The minimum absolute atomic E-state index is 0.0893. The summed E-state index contributed by atoms with van der Waals surface area (Å²) in [4.78, 5) is 14.5. The van der Waals surface area contributed by atoms with Crippen LogP contribution in [-0.4, -0.2) is 37.0 Å². The number of nitrogens with two attached hydrogens (primary N) is 1. The summed E-state index contributed by atoms with van der Waals surface area (Å²) in [6.45, 7) is 4.93. The topological polar surface area (TPSA) is 55.6 Å². The van der Waals surface area contributed by atoms with Gasteiger partial charge in [-0.2, -0.15) is 0 Å². The molecule has 2 N–H and O–H groups in total. The predicted molar refractivity (Wildman–Crippen MR) is 89.1 cm³/mol. The molecule has 1 aromatic carbocycles. The van der Waals surface area contributed by atoms with Gasteiger partial charge in [-0.05, 0) is 44.0 Å². The predicted octanol–water partition coefficient (Wildman–Crippen LogP) is 2.92. The fraction of sp³-hybridized carbons (Fsp3) is 0.611. The van der Waals surface area contributed by atoms with Crippen molar-refractivity contribution < 1.29 is 9.53 Å². The number of carbonyl (C=O) groups excluding carboxylic acids is 1. The minimum Gasteiger partial charge on any atom is -0.494 e. The van der Waals surface area contributed by atoms with E-state index >= 15 is 0 Å². The van der Waals surface area contributed by atoms with E-state index < -0.39 is 0 Å². The number of likely N-dealkylation sites (tertiary alicyclic amines) is 1. The molecule has 1 heterocycles. The first-order valence-electron chi connectivity index (χ1n) is 8.45. The number of benzene rings is 1. The van der Waals surface area contributed by atoms with Crippen molar-refractivity contribution in [3.05, 3.63) is 29.8 Å². The van der Waals surface area contributed by atoms with Gasteiger partial charge in [0, 0.05) is 25.4 Å². The fourth-order valence-electron chi connectivity index (χ4n) is 3.00. The third-order valence-electron chi connectivity index (χ3n) is 4.33. The highest BCUT2D eigenvalue weighted by molar-refractivity contribution is 5.77. The van der Waals surface area contributed by atoms with Crippen molar-refractivity contribution in [1.82, 2.24) is 4.90 Å². The van der Waals surface area contributed by atoms with E-state index in [1.54, 1.807) is 0 Å². The van der Waals surface area contributed by atoms with Gasteiger partial charge in [0.15, 0.2) is 0 Å². The summed E-state index contributed by atoms with van der Waals surface area (Å²) in [7, 11) is 0. The first kappa shape index (κ1) is 16.8. The highest BCUT2D eigenvalue weighted by Gasteiger charge is 2.20. The number of nitrogens with zero attached hydrogens (tertiary/aromatic N) is 1. The van der Waals surface area contributed by atoms with Crippen LogP contribution in [0.3, 0.4) is 0 Å². The molecule has 0 aromatic heterocycles. The zero-order chi connectivity index (χ0) is 15.8. The van der Waals surface area contributed by atoms with Crippen LogP contribution in [0.2, 0.25) is 0 Å². The smallest absolute Gasteiger partial charge is 0.223 e. The van der Waals surface area contributed by atoms with E-state index in [-0.39, 0.29) is 11.8 Å². The van der Waals surface area contributed by atoms with Crippen LogP contribution in [0.5, 0.6) is 5.75 Å². The van der Waals surface area contributed by atoms with Gasteiger partial charge in [0.2, 0.25) is 5.91 Å². The minimum atomic E-state index is 0.0893. The maximum Gasteiger partial charge on any atom is 0.223 e. The quantitative estimate of drug-likeness (QED) is 0.879. The van der Waals surface area contributed by atoms with E-state index in [0.29, 0.717) is 19.6 Å². The van der Waals surface area contributed by atoms with Crippen LogP contribution < -0.4 is 10.5 Å². The Balaban J connectivity index is 1.96. The summed E-state index contributed by atoms with van der Waals surface area (Å²) >= 11 is 0. The van der Waals surface area contributed by atoms with Gasteiger partial charge in [0.1, 0.15) is 5.75 Å². The van der Waals surface area contributed by atoms with Crippen molar-refractivity contribution in [2.45, 2.75) is 44.9 Å². The van der Waals surface area contributed by atoms with E-state index in [2.05, 4.69) is 0 Å². The molecule has 4 nitrogen and oxygen atoms in total. The first-order chi connectivity index (χ1) is 10.7. The maximum absolute atomic E-state index is 12.5. The first-order valence-corrected chi connectivity index (χ1v) is 8.45. The standard InChI is InChI=1S/C18H28N2O2/c1-2-22-17-9-7-15(8-10-17)16(14-19)13-18(21)20-11-5-3-4-6-12-20/h7-10,16H,2-6,11-14,19H2,1H3. The summed E-state index contributed by atoms with van der Waals surface area (Å²) < 4.78 is 5.46. The van der Waals surface area contributed by atoms with Crippen LogP contribution in [-0.2, 0) is 4.79 Å². The summed E-state index contributed by atoms with van der Waals surface area (Å²) in [6, 6.07) is 7.96.